The molecule has 0 aliphatic heterocycles. The van der Waals surface area contributed by atoms with Gasteiger partial charge in [0.1, 0.15) is 0 Å². The zero-order chi connectivity index (χ0) is 21.2. The fourth-order valence-corrected chi connectivity index (χ4v) is 4.30. The highest BCUT2D eigenvalue weighted by atomic mass is 79.9. The van der Waals surface area contributed by atoms with E-state index in [0.29, 0.717) is 16.9 Å². The van der Waals surface area contributed by atoms with Crippen LogP contribution >= 0.6 is 15.9 Å². The first kappa shape index (κ1) is 21.1. The minimum absolute atomic E-state index is 0.119. The molecule has 0 aliphatic rings. The number of carbonyl (C=O) groups is 1. The second-order valence-corrected chi connectivity index (χ2v) is 9.40. The molecular weight excluding hydrogens is 452 g/mol. The Morgan fingerprint density at radius 2 is 1.55 bits per heavy atom. The molecule has 5 nitrogen and oxygen atoms in total. The van der Waals surface area contributed by atoms with Gasteiger partial charge in [-0.1, -0.05) is 39.7 Å². The molecule has 7 heteroatoms. The summed E-state index contributed by atoms with van der Waals surface area (Å²) in [5.74, 6) is -0.269. The van der Waals surface area contributed by atoms with E-state index in [9.17, 15) is 13.2 Å². The lowest BCUT2D eigenvalue weighted by atomic mass is 10.1. The van der Waals surface area contributed by atoms with Gasteiger partial charge in [-0.3, -0.25) is 9.52 Å². The average Bonchev–Trinajstić information content (AvgIpc) is 2.66. The van der Waals surface area contributed by atoms with Gasteiger partial charge >= 0.3 is 0 Å². The number of rotatable bonds is 5. The van der Waals surface area contributed by atoms with Crippen molar-refractivity contribution in [2.45, 2.75) is 25.7 Å². The Bertz CT molecular complexity index is 1170. The lowest BCUT2D eigenvalue weighted by Gasteiger charge is -2.12. The SMILES string of the molecule is Cc1ccc(NS(=O)(=O)c2ccc(NC(=O)c3ccc(C)c(Br)c3)cc2)c(C)c1. The summed E-state index contributed by atoms with van der Waals surface area (Å²) in [7, 11) is -3.73. The Morgan fingerprint density at radius 3 is 2.17 bits per heavy atom. The lowest BCUT2D eigenvalue weighted by molar-refractivity contribution is 0.102. The van der Waals surface area contributed by atoms with E-state index in [1.807, 2.05) is 39.0 Å². The van der Waals surface area contributed by atoms with Crippen molar-refractivity contribution in [1.82, 2.24) is 0 Å². The van der Waals surface area contributed by atoms with Gasteiger partial charge in [-0.25, -0.2) is 8.42 Å². The summed E-state index contributed by atoms with van der Waals surface area (Å²) in [4.78, 5) is 12.5. The Hall–Kier alpha value is -2.64. The Balaban J connectivity index is 1.75. The number of aryl methyl sites for hydroxylation is 3. The second kappa shape index (κ2) is 8.39. The van der Waals surface area contributed by atoms with E-state index in [2.05, 4.69) is 26.0 Å². The van der Waals surface area contributed by atoms with E-state index in [0.717, 1.165) is 21.2 Å². The zero-order valence-electron chi connectivity index (χ0n) is 16.3. The summed E-state index contributed by atoms with van der Waals surface area (Å²) in [5.41, 5.74) is 4.51. The number of nitrogens with one attached hydrogen (secondary N) is 2. The van der Waals surface area contributed by atoms with Crippen LogP contribution in [-0.2, 0) is 10.0 Å². The highest BCUT2D eigenvalue weighted by molar-refractivity contribution is 9.10. The van der Waals surface area contributed by atoms with Gasteiger partial charge in [-0.15, -0.1) is 0 Å². The molecule has 0 fully saturated rings. The molecule has 0 saturated carbocycles. The molecule has 0 unspecified atom stereocenters. The van der Waals surface area contributed by atoms with Crippen LogP contribution in [0.4, 0.5) is 11.4 Å². The summed E-state index contributed by atoms with van der Waals surface area (Å²) < 4.78 is 28.8. The smallest absolute Gasteiger partial charge is 0.261 e. The van der Waals surface area contributed by atoms with Gasteiger partial charge in [0.05, 0.1) is 10.6 Å². The third-order valence-corrected chi connectivity index (χ3v) is 6.72. The number of halogens is 1. The van der Waals surface area contributed by atoms with Crippen LogP contribution in [0.15, 0.2) is 70.0 Å². The van der Waals surface area contributed by atoms with Crippen LogP contribution in [0.1, 0.15) is 27.0 Å². The van der Waals surface area contributed by atoms with E-state index < -0.39 is 10.0 Å². The maximum Gasteiger partial charge on any atom is 0.261 e. The van der Waals surface area contributed by atoms with Crippen molar-refractivity contribution in [3.8, 4) is 0 Å². The van der Waals surface area contributed by atoms with E-state index in [1.54, 1.807) is 30.3 Å². The predicted molar refractivity (Wildman–Crippen MR) is 120 cm³/mol. The number of carbonyl (C=O) groups excluding carboxylic acids is 1. The maximum absolute atomic E-state index is 12.7. The topological polar surface area (TPSA) is 75.3 Å². The van der Waals surface area contributed by atoms with Crippen molar-refractivity contribution in [2.24, 2.45) is 0 Å². The number of anilines is 2. The van der Waals surface area contributed by atoms with Crippen molar-refractivity contribution >= 4 is 43.2 Å². The van der Waals surface area contributed by atoms with Gasteiger partial charge in [-0.05, 0) is 74.4 Å². The van der Waals surface area contributed by atoms with Gasteiger partial charge in [0.15, 0.2) is 0 Å². The molecule has 3 rings (SSSR count). The van der Waals surface area contributed by atoms with Crippen LogP contribution in [0.3, 0.4) is 0 Å². The van der Waals surface area contributed by atoms with Gasteiger partial charge in [0.25, 0.3) is 15.9 Å². The summed E-state index contributed by atoms with van der Waals surface area (Å²) in [6.07, 6.45) is 0. The monoisotopic (exact) mass is 472 g/mol. The molecule has 0 radical (unpaired) electrons. The molecule has 0 saturated heterocycles. The van der Waals surface area contributed by atoms with Crippen molar-refractivity contribution < 1.29 is 13.2 Å². The molecule has 0 aromatic heterocycles. The molecule has 150 valence electrons. The Labute approximate surface area is 179 Å². The molecule has 1 amide bonds. The van der Waals surface area contributed by atoms with Crippen LogP contribution in [0.25, 0.3) is 0 Å². The third kappa shape index (κ3) is 5.05. The molecule has 3 aromatic carbocycles. The second-order valence-electron chi connectivity index (χ2n) is 6.87. The molecule has 0 aliphatic carbocycles. The molecule has 2 N–H and O–H groups in total. The minimum atomic E-state index is -3.73. The van der Waals surface area contributed by atoms with E-state index in [-0.39, 0.29) is 10.8 Å². The Morgan fingerprint density at radius 1 is 0.862 bits per heavy atom. The fourth-order valence-electron chi connectivity index (χ4n) is 2.79. The van der Waals surface area contributed by atoms with E-state index in [1.165, 1.54) is 12.1 Å². The number of sulfonamides is 1. The molecule has 0 bridgehead atoms. The van der Waals surface area contributed by atoms with Crippen LogP contribution in [0.5, 0.6) is 0 Å². The summed E-state index contributed by atoms with van der Waals surface area (Å²) >= 11 is 3.41. The maximum atomic E-state index is 12.7. The average molecular weight is 473 g/mol. The van der Waals surface area contributed by atoms with Crippen molar-refractivity contribution in [3.63, 3.8) is 0 Å². The van der Waals surface area contributed by atoms with Crippen LogP contribution in [0.2, 0.25) is 0 Å². The normalized spacial score (nSPS) is 11.2. The summed E-state index contributed by atoms with van der Waals surface area (Å²) in [6, 6.07) is 16.9. The fraction of sp³-hybridized carbons (Fsp3) is 0.136. The van der Waals surface area contributed by atoms with Gasteiger partial charge in [0.2, 0.25) is 0 Å². The number of hydrogen-bond donors (Lipinski definition) is 2. The van der Waals surface area contributed by atoms with Crippen LogP contribution < -0.4 is 10.0 Å². The first-order valence-electron chi connectivity index (χ1n) is 8.93. The van der Waals surface area contributed by atoms with Gasteiger partial charge < -0.3 is 5.32 Å². The van der Waals surface area contributed by atoms with Gasteiger partial charge in [-0.2, -0.15) is 0 Å². The summed E-state index contributed by atoms with van der Waals surface area (Å²) in [6.45, 7) is 5.75. The summed E-state index contributed by atoms with van der Waals surface area (Å²) in [5, 5.41) is 2.77. The predicted octanol–water partition coefficient (Wildman–Crippen LogP) is 5.43. The van der Waals surface area contributed by atoms with Crippen LogP contribution in [-0.4, -0.2) is 14.3 Å². The lowest BCUT2D eigenvalue weighted by Crippen LogP contribution is -2.15. The molecule has 3 aromatic rings. The number of hydrogen-bond acceptors (Lipinski definition) is 3. The standard InChI is InChI=1S/C22H21BrN2O3S/c1-14-4-11-21(16(3)12-14)25-29(27,28)19-9-7-18(8-10-19)24-22(26)17-6-5-15(2)20(23)13-17/h4-13,25H,1-3H3,(H,24,26). The number of amides is 1. The molecule has 0 atom stereocenters. The Kier molecular flexibility index (Phi) is 6.10. The first-order chi connectivity index (χ1) is 13.7. The van der Waals surface area contributed by atoms with Crippen molar-refractivity contribution in [2.75, 3.05) is 10.0 Å². The quantitative estimate of drug-likeness (QED) is 0.519. The first-order valence-corrected chi connectivity index (χ1v) is 11.2. The molecule has 0 heterocycles. The molecular formula is C22H21BrN2O3S. The largest absolute Gasteiger partial charge is 0.322 e. The van der Waals surface area contributed by atoms with Crippen LogP contribution in [0, 0.1) is 20.8 Å². The highest BCUT2D eigenvalue weighted by Crippen LogP contribution is 2.23. The van der Waals surface area contributed by atoms with Crippen molar-refractivity contribution in [3.05, 3.63) is 87.4 Å². The molecule has 29 heavy (non-hydrogen) atoms. The molecule has 0 spiro atoms. The van der Waals surface area contributed by atoms with E-state index >= 15 is 0 Å². The number of benzene rings is 3. The highest BCUT2D eigenvalue weighted by Gasteiger charge is 2.16. The zero-order valence-corrected chi connectivity index (χ0v) is 18.7. The third-order valence-electron chi connectivity index (χ3n) is 4.48. The minimum Gasteiger partial charge on any atom is -0.322 e. The van der Waals surface area contributed by atoms with Crippen molar-refractivity contribution in [1.29, 1.82) is 0 Å². The van der Waals surface area contributed by atoms with Gasteiger partial charge in [0, 0.05) is 15.7 Å². The van der Waals surface area contributed by atoms with E-state index in [4.69, 9.17) is 0 Å².